The molecule has 0 aliphatic rings. The van der Waals surface area contributed by atoms with E-state index in [9.17, 15) is 5.11 Å². The van der Waals surface area contributed by atoms with Gasteiger partial charge in [0.1, 0.15) is 5.82 Å². The lowest BCUT2D eigenvalue weighted by Gasteiger charge is -2.24. The predicted molar refractivity (Wildman–Crippen MR) is 93.5 cm³/mol. The van der Waals surface area contributed by atoms with Crippen LogP contribution < -0.4 is 5.32 Å². The van der Waals surface area contributed by atoms with Crippen molar-refractivity contribution >= 4 is 15.5 Å². The largest absolute Gasteiger partial charge is 0.500 e. The maximum absolute atomic E-state index is 9.86. The van der Waals surface area contributed by atoms with Crippen LogP contribution in [0.2, 0.25) is 6.04 Å². The third kappa shape index (κ3) is 9.64. The second-order valence-electron chi connectivity index (χ2n) is 4.74. The van der Waals surface area contributed by atoms with Gasteiger partial charge in [0.2, 0.25) is 0 Å². The van der Waals surface area contributed by atoms with E-state index in [1.54, 1.807) is 27.4 Å². The van der Waals surface area contributed by atoms with Crippen molar-refractivity contribution in [2.75, 3.05) is 41.1 Å². The standard InChI is InChI=1S/C15H30N2O5Si/c1-6-7-9-15(16-2)17-12-14(18)13-22-10-8-11-23(19-3,20-4)21-5/h6-7,9,14,17-18H,2,8,10-13H2,1,3-5H3/b7-6-,15-9+. The summed E-state index contributed by atoms with van der Waals surface area (Å²) in [5, 5.41) is 12.9. The van der Waals surface area contributed by atoms with Crippen LogP contribution in [0.4, 0.5) is 0 Å². The number of rotatable bonds is 14. The SMILES string of the molecule is C=N/C(=C\C=C/C)NCC(O)COCCC[Si](OC)(OC)OC. The average Bonchev–Trinajstić information content (AvgIpc) is 2.59. The third-order valence-corrected chi connectivity index (χ3v) is 5.98. The zero-order chi connectivity index (χ0) is 17.6. The molecule has 0 saturated carbocycles. The molecule has 1 unspecified atom stereocenters. The predicted octanol–water partition coefficient (Wildman–Crippen LogP) is 1.34. The second-order valence-corrected chi connectivity index (χ2v) is 7.84. The number of hydrogen-bond acceptors (Lipinski definition) is 7. The van der Waals surface area contributed by atoms with Gasteiger partial charge >= 0.3 is 8.80 Å². The first-order valence-corrected chi connectivity index (χ1v) is 9.45. The summed E-state index contributed by atoms with van der Waals surface area (Å²) in [6, 6.07) is 0.668. The molecule has 0 fully saturated rings. The van der Waals surface area contributed by atoms with E-state index in [-0.39, 0.29) is 6.61 Å². The Labute approximate surface area is 140 Å². The minimum atomic E-state index is -2.53. The molecule has 1 atom stereocenters. The Morgan fingerprint density at radius 2 is 1.96 bits per heavy atom. The van der Waals surface area contributed by atoms with E-state index < -0.39 is 14.9 Å². The van der Waals surface area contributed by atoms with E-state index in [0.717, 1.165) is 6.42 Å². The number of nitrogens with one attached hydrogen (secondary N) is 1. The smallest absolute Gasteiger partial charge is 0.389 e. The van der Waals surface area contributed by atoms with Crippen LogP contribution in [0.5, 0.6) is 0 Å². The van der Waals surface area contributed by atoms with Gasteiger partial charge in [0.25, 0.3) is 0 Å². The second kappa shape index (κ2) is 13.4. The Morgan fingerprint density at radius 3 is 2.48 bits per heavy atom. The van der Waals surface area contributed by atoms with Gasteiger partial charge in [-0.2, -0.15) is 0 Å². The van der Waals surface area contributed by atoms with Crippen LogP contribution in [0.1, 0.15) is 13.3 Å². The van der Waals surface area contributed by atoms with Gasteiger partial charge in [-0.15, -0.1) is 0 Å². The fourth-order valence-electron chi connectivity index (χ4n) is 1.80. The summed E-state index contributed by atoms with van der Waals surface area (Å²) in [6.45, 7) is 6.46. The van der Waals surface area contributed by atoms with Crippen LogP contribution in [-0.2, 0) is 18.0 Å². The molecule has 0 amide bonds. The molecule has 0 rings (SSSR count). The molecule has 134 valence electrons. The molecule has 0 aliphatic heterocycles. The summed E-state index contributed by atoms with van der Waals surface area (Å²) in [4.78, 5) is 3.82. The van der Waals surface area contributed by atoms with E-state index in [4.69, 9.17) is 18.0 Å². The number of nitrogens with zero attached hydrogens (tertiary/aromatic N) is 1. The van der Waals surface area contributed by atoms with Crippen molar-refractivity contribution in [3.05, 3.63) is 24.0 Å². The molecule has 0 aromatic carbocycles. The number of aliphatic hydroxyl groups is 1. The average molecular weight is 347 g/mol. The summed E-state index contributed by atoms with van der Waals surface area (Å²) in [6.07, 6.45) is 5.63. The lowest BCUT2D eigenvalue weighted by molar-refractivity contribution is 0.0363. The van der Waals surface area contributed by atoms with Crippen molar-refractivity contribution in [1.29, 1.82) is 0 Å². The van der Waals surface area contributed by atoms with Crippen LogP contribution in [0.15, 0.2) is 29.0 Å². The molecule has 2 N–H and O–H groups in total. The normalized spacial score (nSPS) is 14.2. The minimum Gasteiger partial charge on any atom is -0.389 e. The molecule has 8 heteroatoms. The maximum Gasteiger partial charge on any atom is 0.500 e. The monoisotopic (exact) mass is 346 g/mol. The van der Waals surface area contributed by atoms with E-state index in [0.29, 0.717) is 25.0 Å². The molecule has 0 radical (unpaired) electrons. The highest BCUT2D eigenvalue weighted by molar-refractivity contribution is 6.60. The Morgan fingerprint density at radius 1 is 1.30 bits per heavy atom. The number of aliphatic hydroxyl groups excluding tert-OH is 1. The van der Waals surface area contributed by atoms with Crippen molar-refractivity contribution in [3.8, 4) is 0 Å². The zero-order valence-corrected chi connectivity index (χ0v) is 15.6. The van der Waals surface area contributed by atoms with Crippen molar-refractivity contribution in [2.45, 2.75) is 25.5 Å². The Kier molecular flexibility index (Phi) is 12.8. The highest BCUT2D eigenvalue weighted by atomic mass is 28.4. The van der Waals surface area contributed by atoms with E-state index in [1.165, 1.54) is 0 Å². The van der Waals surface area contributed by atoms with Gasteiger partial charge in [0.15, 0.2) is 0 Å². The topological polar surface area (TPSA) is 81.5 Å². The number of ether oxygens (including phenoxy) is 1. The van der Waals surface area contributed by atoms with E-state index >= 15 is 0 Å². The van der Waals surface area contributed by atoms with Gasteiger partial charge in [0, 0.05) is 40.5 Å². The van der Waals surface area contributed by atoms with Crippen LogP contribution in [0.25, 0.3) is 0 Å². The molecular weight excluding hydrogens is 316 g/mol. The quantitative estimate of drug-likeness (QED) is 0.214. The summed E-state index contributed by atoms with van der Waals surface area (Å²) in [7, 11) is 2.23. The van der Waals surface area contributed by atoms with Crippen molar-refractivity contribution in [1.82, 2.24) is 5.32 Å². The Balaban J connectivity index is 3.90. The Bertz CT molecular complexity index is 365. The summed E-state index contributed by atoms with van der Waals surface area (Å²) < 4.78 is 21.4. The fraction of sp³-hybridized carbons (Fsp3) is 0.667. The molecule has 0 bridgehead atoms. The molecular formula is C15H30N2O5Si. The van der Waals surface area contributed by atoms with Gasteiger partial charge in [-0.05, 0) is 26.1 Å². The fourth-order valence-corrected chi connectivity index (χ4v) is 3.49. The van der Waals surface area contributed by atoms with Gasteiger partial charge in [-0.3, -0.25) is 0 Å². The first-order valence-electron chi connectivity index (χ1n) is 7.52. The molecule has 7 nitrogen and oxygen atoms in total. The zero-order valence-electron chi connectivity index (χ0n) is 14.6. The lowest BCUT2D eigenvalue weighted by atomic mass is 10.3. The third-order valence-electron chi connectivity index (χ3n) is 3.15. The molecule has 0 aromatic heterocycles. The summed E-state index contributed by atoms with van der Waals surface area (Å²) in [5.74, 6) is 0.609. The molecule has 23 heavy (non-hydrogen) atoms. The van der Waals surface area contributed by atoms with Gasteiger partial charge < -0.3 is 28.4 Å². The highest BCUT2D eigenvalue weighted by Crippen LogP contribution is 2.14. The number of allylic oxidation sites excluding steroid dienone is 3. The maximum atomic E-state index is 9.86. The van der Waals surface area contributed by atoms with E-state index in [2.05, 4.69) is 17.0 Å². The van der Waals surface area contributed by atoms with Crippen LogP contribution in [0, 0.1) is 0 Å². The Hall–Kier alpha value is -1.03. The first-order chi connectivity index (χ1) is 11.1. The van der Waals surface area contributed by atoms with Crippen molar-refractivity contribution < 1.29 is 23.1 Å². The van der Waals surface area contributed by atoms with Crippen molar-refractivity contribution in [3.63, 3.8) is 0 Å². The number of hydrogen-bond donors (Lipinski definition) is 2. The lowest BCUT2D eigenvalue weighted by Crippen LogP contribution is -2.42. The summed E-state index contributed by atoms with van der Waals surface area (Å²) >= 11 is 0. The first kappa shape index (κ1) is 22.0. The molecule has 0 aromatic rings. The van der Waals surface area contributed by atoms with Gasteiger partial charge in [-0.1, -0.05) is 12.2 Å². The van der Waals surface area contributed by atoms with Crippen LogP contribution in [0.3, 0.4) is 0 Å². The van der Waals surface area contributed by atoms with Crippen LogP contribution in [-0.4, -0.2) is 67.8 Å². The number of aliphatic imine (C=N–C) groups is 1. The molecule has 0 spiro atoms. The highest BCUT2D eigenvalue weighted by Gasteiger charge is 2.36. The molecule has 0 heterocycles. The van der Waals surface area contributed by atoms with E-state index in [1.807, 2.05) is 19.1 Å². The molecule has 0 aliphatic carbocycles. The van der Waals surface area contributed by atoms with Gasteiger partial charge in [-0.25, -0.2) is 4.99 Å². The minimum absolute atomic E-state index is 0.239. The summed E-state index contributed by atoms with van der Waals surface area (Å²) in [5.41, 5.74) is 0. The molecule has 0 saturated heterocycles. The van der Waals surface area contributed by atoms with Crippen LogP contribution >= 0.6 is 0 Å². The van der Waals surface area contributed by atoms with Gasteiger partial charge in [0.05, 0.1) is 12.7 Å². The van der Waals surface area contributed by atoms with Crippen molar-refractivity contribution in [2.24, 2.45) is 4.99 Å².